The molecule has 0 spiro atoms. The van der Waals surface area contributed by atoms with E-state index in [1.54, 1.807) is 16.0 Å². The Balaban J connectivity index is 1.50. The van der Waals surface area contributed by atoms with Gasteiger partial charge in [-0.3, -0.25) is 4.68 Å². The van der Waals surface area contributed by atoms with Crippen LogP contribution < -0.4 is 14.3 Å². The summed E-state index contributed by atoms with van der Waals surface area (Å²) in [6.07, 6.45) is 5.04. The maximum Gasteiger partial charge on any atom is 0.231 e. The molecule has 2 aliphatic heterocycles. The molecule has 1 saturated heterocycles. The first-order valence-electron chi connectivity index (χ1n) is 9.44. The van der Waals surface area contributed by atoms with Crippen molar-refractivity contribution >= 4 is 27.0 Å². The van der Waals surface area contributed by atoms with E-state index in [2.05, 4.69) is 15.0 Å². The Morgan fingerprint density at radius 3 is 2.80 bits per heavy atom. The monoisotopic (exact) mass is 447 g/mol. The maximum atomic E-state index is 11.7. The quantitative estimate of drug-likeness (QED) is 0.595. The van der Waals surface area contributed by atoms with Gasteiger partial charge in [-0.25, -0.2) is 17.7 Å². The lowest BCUT2D eigenvalue weighted by atomic mass is 10.0. The zero-order valence-electron chi connectivity index (χ0n) is 16.6. The van der Waals surface area contributed by atoms with Gasteiger partial charge in [0.05, 0.1) is 23.8 Å². The molecule has 2 aromatic heterocycles. The van der Waals surface area contributed by atoms with Crippen LogP contribution in [-0.4, -0.2) is 53.2 Å². The first-order chi connectivity index (χ1) is 14.4. The fourth-order valence-corrected chi connectivity index (χ4v) is 5.51. The minimum Gasteiger partial charge on any atom is -0.454 e. The largest absolute Gasteiger partial charge is 0.454 e. The lowest BCUT2D eigenvalue weighted by Crippen LogP contribution is -2.51. The molecule has 0 bridgehead atoms. The number of benzene rings is 1. The third-order valence-corrected chi connectivity index (χ3v) is 7.31. The Morgan fingerprint density at radius 1 is 1.27 bits per heavy atom. The van der Waals surface area contributed by atoms with E-state index in [0.717, 1.165) is 27.5 Å². The van der Waals surface area contributed by atoms with Crippen LogP contribution in [0.15, 0.2) is 41.0 Å². The molecule has 4 heterocycles. The van der Waals surface area contributed by atoms with Crippen molar-refractivity contribution in [2.24, 2.45) is 18.0 Å². The highest BCUT2D eigenvalue weighted by Gasteiger charge is 2.33. The number of aromatic nitrogens is 3. The highest BCUT2D eigenvalue weighted by atomic mass is 32.2. The van der Waals surface area contributed by atoms with E-state index < -0.39 is 10.0 Å². The topological polar surface area (TPSA) is 91.0 Å². The van der Waals surface area contributed by atoms with Crippen molar-refractivity contribution in [2.45, 2.75) is 6.54 Å². The highest BCUT2D eigenvalue weighted by molar-refractivity contribution is 7.88. The van der Waals surface area contributed by atoms with Gasteiger partial charge in [0.15, 0.2) is 16.3 Å². The number of nitrogens with zero attached hydrogens (tertiary/aromatic N) is 5. The molecule has 0 amide bonds. The predicted octanol–water partition coefficient (Wildman–Crippen LogP) is 1.80. The van der Waals surface area contributed by atoms with Crippen LogP contribution in [0.25, 0.3) is 11.3 Å². The van der Waals surface area contributed by atoms with Crippen LogP contribution in [0.2, 0.25) is 0 Å². The third kappa shape index (κ3) is 3.64. The lowest BCUT2D eigenvalue weighted by molar-refractivity contribution is 0.174. The van der Waals surface area contributed by atoms with Crippen molar-refractivity contribution < 1.29 is 17.9 Å². The molecule has 158 valence electrons. The second-order valence-corrected chi connectivity index (χ2v) is 10.3. The number of hydrogen-bond donors (Lipinski definition) is 0. The van der Waals surface area contributed by atoms with E-state index in [4.69, 9.17) is 14.5 Å². The molecule has 1 aromatic carbocycles. The van der Waals surface area contributed by atoms with E-state index >= 15 is 0 Å². The molecular weight excluding hydrogens is 426 g/mol. The first-order valence-corrected chi connectivity index (χ1v) is 12.2. The second-order valence-electron chi connectivity index (χ2n) is 7.51. The number of fused-ring (bicyclic) bond motifs is 1. The van der Waals surface area contributed by atoms with E-state index in [0.29, 0.717) is 25.4 Å². The van der Waals surface area contributed by atoms with Crippen molar-refractivity contribution in [2.75, 3.05) is 26.1 Å². The van der Waals surface area contributed by atoms with Crippen molar-refractivity contribution in [1.29, 1.82) is 0 Å². The number of hydrogen-bond acceptors (Lipinski definition) is 7. The number of ether oxygens (including phenoxy) is 2. The van der Waals surface area contributed by atoms with E-state index in [-0.39, 0.29) is 12.7 Å². The smallest absolute Gasteiger partial charge is 0.231 e. The van der Waals surface area contributed by atoms with E-state index in [1.807, 2.05) is 37.6 Å². The molecule has 0 unspecified atom stereocenters. The lowest BCUT2D eigenvalue weighted by Gasteiger charge is -2.37. The van der Waals surface area contributed by atoms with Crippen molar-refractivity contribution in [3.63, 3.8) is 0 Å². The van der Waals surface area contributed by atoms with Gasteiger partial charge in [0.2, 0.25) is 16.8 Å². The normalized spacial score (nSPS) is 17.5. The fourth-order valence-electron chi connectivity index (χ4n) is 3.61. The number of sulfonamides is 1. The standard InChI is InChI=1S/C19H21N5O4S2/c1-22-10-14(6-20-22)16-11-29-19(21-15-3-4-17-18(5-15)28-12-27-17)24(16)9-13-7-23(8-13)30(2,25)26/h3-6,10-11,13H,7-9,12H2,1-2H3. The Morgan fingerprint density at radius 2 is 2.07 bits per heavy atom. The molecule has 0 N–H and O–H groups in total. The molecule has 1 fully saturated rings. The van der Waals surface area contributed by atoms with Crippen molar-refractivity contribution in [1.82, 2.24) is 18.7 Å². The Kier molecular flexibility index (Phi) is 4.68. The summed E-state index contributed by atoms with van der Waals surface area (Å²) in [7, 11) is -1.25. The van der Waals surface area contributed by atoms with Crippen LogP contribution >= 0.6 is 11.3 Å². The van der Waals surface area contributed by atoms with E-state index in [1.165, 1.54) is 10.6 Å². The SMILES string of the molecule is Cn1cc(-c2csc(=Nc3ccc4c(c3)OCO4)n2CC2CN(S(C)(=O)=O)C2)cn1. The van der Waals surface area contributed by atoms with Gasteiger partial charge in [0, 0.05) is 55.8 Å². The summed E-state index contributed by atoms with van der Waals surface area (Å²) in [6, 6.07) is 5.62. The minimum absolute atomic E-state index is 0.224. The minimum atomic E-state index is -3.14. The summed E-state index contributed by atoms with van der Waals surface area (Å²) in [6.45, 7) is 1.96. The average molecular weight is 448 g/mol. The molecule has 11 heteroatoms. The molecule has 2 aliphatic rings. The number of thiazole rings is 1. The summed E-state index contributed by atoms with van der Waals surface area (Å²) in [4.78, 5) is 5.68. The molecular formula is C19H21N5O4S2. The fraction of sp³-hybridized carbons (Fsp3) is 0.368. The zero-order valence-corrected chi connectivity index (χ0v) is 18.2. The molecule has 0 atom stereocenters. The molecule has 30 heavy (non-hydrogen) atoms. The Bertz CT molecular complexity index is 1270. The van der Waals surface area contributed by atoms with Crippen molar-refractivity contribution in [3.8, 4) is 22.8 Å². The van der Waals surface area contributed by atoms with Gasteiger partial charge in [0.25, 0.3) is 0 Å². The van der Waals surface area contributed by atoms with Crippen LogP contribution in [0.1, 0.15) is 0 Å². The molecule has 0 saturated carbocycles. The van der Waals surface area contributed by atoms with Gasteiger partial charge >= 0.3 is 0 Å². The molecule has 0 aliphatic carbocycles. The first kappa shape index (κ1) is 19.3. The van der Waals surface area contributed by atoms with E-state index in [9.17, 15) is 8.42 Å². The van der Waals surface area contributed by atoms with Gasteiger partial charge in [-0.1, -0.05) is 0 Å². The maximum absolute atomic E-state index is 11.7. The second kappa shape index (κ2) is 7.25. The van der Waals surface area contributed by atoms with Gasteiger partial charge in [0.1, 0.15) is 0 Å². The van der Waals surface area contributed by atoms with Crippen LogP contribution in [0.4, 0.5) is 5.69 Å². The third-order valence-electron chi connectivity index (χ3n) is 5.21. The van der Waals surface area contributed by atoms with Gasteiger partial charge in [-0.2, -0.15) is 5.10 Å². The van der Waals surface area contributed by atoms with Crippen LogP contribution in [0.5, 0.6) is 11.5 Å². The summed E-state index contributed by atoms with van der Waals surface area (Å²) in [5.41, 5.74) is 2.80. The molecule has 5 rings (SSSR count). The van der Waals surface area contributed by atoms with Crippen LogP contribution in [-0.2, 0) is 23.6 Å². The average Bonchev–Trinajstić information content (AvgIpc) is 3.36. The summed E-state index contributed by atoms with van der Waals surface area (Å²) >= 11 is 1.55. The number of rotatable bonds is 5. The van der Waals surface area contributed by atoms with Gasteiger partial charge in [-0.15, -0.1) is 11.3 Å². The van der Waals surface area contributed by atoms with Gasteiger partial charge < -0.3 is 14.0 Å². The Labute approximate surface area is 177 Å². The Hall–Kier alpha value is -2.63. The van der Waals surface area contributed by atoms with Gasteiger partial charge in [-0.05, 0) is 12.1 Å². The summed E-state index contributed by atoms with van der Waals surface area (Å²) in [5, 5.41) is 6.35. The molecule has 3 aromatic rings. The summed E-state index contributed by atoms with van der Waals surface area (Å²) < 4.78 is 39.7. The van der Waals surface area contributed by atoms with Crippen LogP contribution in [0, 0.1) is 5.92 Å². The molecule has 9 nitrogen and oxygen atoms in total. The predicted molar refractivity (Wildman–Crippen MR) is 112 cm³/mol. The number of aryl methyl sites for hydroxylation is 1. The zero-order chi connectivity index (χ0) is 20.9. The highest BCUT2D eigenvalue weighted by Crippen LogP contribution is 2.35. The molecule has 0 radical (unpaired) electrons. The summed E-state index contributed by atoms with van der Waals surface area (Å²) in [5.74, 6) is 1.65. The van der Waals surface area contributed by atoms with Crippen LogP contribution in [0.3, 0.4) is 0 Å². The van der Waals surface area contributed by atoms with Crippen molar-refractivity contribution in [3.05, 3.63) is 40.8 Å².